The number of anilines is 1. The van der Waals surface area contributed by atoms with E-state index < -0.39 is 0 Å². The Morgan fingerprint density at radius 1 is 1.26 bits per heavy atom. The van der Waals surface area contributed by atoms with Crippen LogP contribution in [0.2, 0.25) is 0 Å². The molecule has 0 atom stereocenters. The number of likely N-dealkylation sites (N-methyl/N-ethyl adjacent to an activating group) is 1. The van der Waals surface area contributed by atoms with E-state index in [1.54, 1.807) is 0 Å². The highest BCUT2D eigenvalue weighted by atomic mass is 16.3. The number of nitrogens with zero attached hydrogens (tertiary/aromatic N) is 4. The summed E-state index contributed by atoms with van der Waals surface area (Å²) < 4.78 is 1.89. The average Bonchev–Trinajstić information content (AvgIpc) is 2.58. The van der Waals surface area contributed by atoms with Gasteiger partial charge < -0.3 is 14.9 Å². The second-order valence-electron chi connectivity index (χ2n) is 5.81. The molecule has 0 saturated carbocycles. The Bertz CT molecular complexity index is 398. The van der Waals surface area contributed by atoms with E-state index >= 15 is 0 Å². The largest absolute Gasteiger partial charge is 0.391 e. The topological polar surface area (TPSA) is 44.5 Å². The van der Waals surface area contributed by atoms with Crippen LogP contribution in [0.5, 0.6) is 0 Å². The van der Waals surface area contributed by atoms with E-state index in [-0.39, 0.29) is 6.61 Å². The Morgan fingerprint density at radius 3 is 2.37 bits per heavy atom. The molecule has 0 unspecified atom stereocenters. The van der Waals surface area contributed by atoms with E-state index in [9.17, 15) is 5.11 Å². The van der Waals surface area contributed by atoms with Crippen molar-refractivity contribution in [1.82, 2.24) is 14.7 Å². The molecule has 0 bridgehead atoms. The van der Waals surface area contributed by atoms with Gasteiger partial charge in [-0.05, 0) is 26.9 Å². The van der Waals surface area contributed by atoms with Gasteiger partial charge in [0.25, 0.3) is 0 Å². The van der Waals surface area contributed by atoms with E-state index in [0.29, 0.717) is 5.92 Å². The van der Waals surface area contributed by atoms with Crippen LogP contribution in [0.15, 0.2) is 0 Å². The van der Waals surface area contributed by atoms with Crippen LogP contribution in [0.4, 0.5) is 5.82 Å². The Balaban J connectivity index is 3.02. The van der Waals surface area contributed by atoms with E-state index in [4.69, 9.17) is 0 Å². The van der Waals surface area contributed by atoms with E-state index in [1.165, 1.54) is 0 Å². The normalized spacial score (nSPS) is 11.6. The van der Waals surface area contributed by atoms with Crippen molar-refractivity contribution >= 4 is 5.82 Å². The summed E-state index contributed by atoms with van der Waals surface area (Å²) in [5, 5.41) is 14.0. The zero-order valence-electron chi connectivity index (χ0n) is 13.1. The van der Waals surface area contributed by atoms with Crippen LogP contribution in [0, 0.1) is 12.8 Å². The molecule has 0 aliphatic carbocycles. The summed E-state index contributed by atoms with van der Waals surface area (Å²) in [6.07, 6.45) is 0. The van der Waals surface area contributed by atoms with Gasteiger partial charge in [0.1, 0.15) is 5.82 Å². The fourth-order valence-corrected chi connectivity index (χ4v) is 2.32. The first-order valence-electron chi connectivity index (χ1n) is 6.89. The van der Waals surface area contributed by atoms with Crippen molar-refractivity contribution in [2.45, 2.75) is 27.4 Å². The van der Waals surface area contributed by atoms with Crippen LogP contribution in [0.3, 0.4) is 0 Å². The lowest BCUT2D eigenvalue weighted by atomic mass is 10.2. The average molecular weight is 268 g/mol. The summed E-state index contributed by atoms with van der Waals surface area (Å²) in [6.45, 7) is 9.33. The summed E-state index contributed by atoms with van der Waals surface area (Å²) in [6, 6.07) is 0. The minimum absolute atomic E-state index is 0.0472. The van der Waals surface area contributed by atoms with Crippen LogP contribution in [-0.4, -0.2) is 53.5 Å². The molecule has 0 saturated heterocycles. The van der Waals surface area contributed by atoms with E-state index in [0.717, 1.165) is 36.7 Å². The lowest BCUT2D eigenvalue weighted by Crippen LogP contribution is -2.36. The van der Waals surface area contributed by atoms with Crippen molar-refractivity contribution in [3.8, 4) is 0 Å². The summed E-state index contributed by atoms with van der Waals surface area (Å²) in [4.78, 5) is 4.51. The first-order valence-corrected chi connectivity index (χ1v) is 6.89. The molecular formula is C14H28N4O. The van der Waals surface area contributed by atoms with Crippen molar-refractivity contribution in [3.63, 3.8) is 0 Å². The highest BCUT2D eigenvalue weighted by Gasteiger charge is 2.19. The minimum Gasteiger partial charge on any atom is -0.391 e. The molecule has 1 rings (SSSR count). The van der Waals surface area contributed by atoms with Crippen LogP contribution in [-0.2, 0) is 13.7 Å². The lowest BCUT2D eigenvalue weighted by Gasteiger charge is -2.28. The highest BCUT2D eigenvalue weighted by molar-refractivity contribution is 5.50. The van der Waals surface area contributed by atoms with Crippen LogP contribution in [0.25, 0.3) is 0 Å². The molecule has 5 nitrogen and oxygen atoms in total. The van der Waals surface area contributed by atoms with Crippen molar-refractivity contribution in [2.24, 2.45) is 13.0 Å². The minimum atomic E-state index is 0.0472. The second kappa shape index (κ2) is 6.91. The Labute approximate surface area is 116 Å². The quantitative estimate of drug-likeness (QED) is 0.808. The van der Waals surface area contributed by atoms with Crippen molar-refractivity contribution in [2.75, 3.05) is 38.6 Å². The van der Waals surface area contributed by atoms with Gasteiger partial charge in [-0.3, -0.25) is 4.68 Å². The van der Waals surface area contributed by atoms with E-state index in [2.05, 4.69) is 42.8 Å². The zero-order chi connectivity index (χ0) is 14.6. The number of hydrogen-bond acceptors (Lipinski definition) is 4. The Hall–Kier alpha value is -1.07. The smallest absolute Gasteiger partial charge is 0.132 e. The molecule has 1 aromatic rings. The van der Waals surface area contributed by atoms with Gasteiger partial charge >= 0.3 is 0 Å². The van der Waals surface area contributed by atoms with E-state index in [1.807, 2.05) is 18.7 Å². The van der Waals surface area contributed by atoms with Gasteiger partial charge in [0, 0.05) is 32.2 Å². The second-order valence-corrected chi connectivity index (χ2v) is 5.81. The molecule has 0 aliphatic heterocycles. The molecule has 19 heavy (non-hydrogen) atoms. The predicted octanol–water partition coefficient (Wildman–Crippen LogP) is 1.24. The molecule has 0 spiro atoms. The summed E-state index contributed by atoms with van der Waals surface area (Å²) in [5.41, 5.74) is 1.86. The van der Waals surface area contributed by atoms with Gasteiger partial charge in [0.2, 0.25) is 0 Å². The highest BCUT2D eigenvalue weighted by Crippen LogP contribution is 2.24. The van der Waals surface area contributed by atoms with Gasteiger partial charge in [-0.1, -0.05) is 13.8 Å². The third kappa shape index (κ3) is 4.21. The monoisotopic (exact) mass is 268 g/mol. The van der Waals surface area contributed by atoms with Crippen molar-refractivity contribution in [1.29, 1.82) is 0 Å². The van der Waals surface area contributed by atoms with Gasteiger partial charge in [-0.2, -0.15) is 5.10 Å². The molecule has 0 amide bonds. The van der Waals surface area contributed by atoms with Crippen LogP contribution < -0.4 is 4.90 Å². The molecule has 0 aliphatic rings. The van der Waals surface area contributed by atoms with Gasteiger partial charge in [-0.15, -0.1) is 0 Å². The first-order chi connectivity index (χ1) is 8.86. The molecule has 0 fully saturated rings. The third-order valence-electron chi connectivity index (χ3n) is 3.17. The summed E-state index contributed by atoms with van der Waals surface area (Å²) in [5.74, 6) is 1.62. The number of rotatable bonds is 7. The molecule has 1 N–H and O–H groups in total. The number of aromatic nitrogens is 2. The molecular weight excluding hydrogens is 240 g/mol. The molecule has 110 valence electrons. The fraction of sp³-hybridized carbons (Fsp3) is 0.786. The zero-order valence-corrected chi connectivity index (χ0v) is 13.1. The summed E-state index contributed by atoms with van der Waals surface area (Å²) >= 11 is 0. The summed E-state index contributed by atoms with van der Waals surface area (Å²) in [7, 11) is 6.11. The number of aliphatic hydroxyl groups is 1. The fourth-order valence-electron chi connectivity index (χ4n) is 2.32. The molecule has 0 aromatic carbocycles. The third-order valence-corrected chi connectivity index (χ3v) is 3.17. The predicted molar refractivity (Wildman–Crippen MR) is 79.5 cm³/mol. The van der Waals surface area contributed by atoms with Gasteiger partial charge in [0.05, 0.1) is 12.3 Å². The number of aryl methyl sites for hydroxylation is 2. The van der Waals surface area contributed by atoms with Crippen LogP contribution in [0.1, 0.15) is 25.1 Å². The Kier molecular flexibility index (Phi) is 5.82. The van der Waals surface area contributed by atoms with Crippen molar-refractivity contribution < 1.29 is 5.11 Å². The number of hydrogen-bond donors (Lipinski definition) is 1. The maximum atomic E-state index is 9.58. The lowest BCUT2D eigenvalue weighted by molar-refractivity contribution is 0.281. The SMILES string of the molecule is Cc1nn(C)c(N(CCN(C)C)CC(C)C)c1CO. The maximum Gasteiger partial charge on any atom is 0.132 e. The first kappa shape index (κ1) is 16.0. The van der Waals surface area contributed by atoms with Gasteiger partial charge in [0.15, 0.2) is 0 Å². The van der Waals surface area contributed by atoms with Crippen LogP contribution >= 0.6 is 0 Å². The molecule has 5 heteroatoms. The van der Waals surface area contributed by atoms with Gasteiger partial charge in [-0.25, -0.2) is 0 Å². The maximum absolute atomic E-state index is 9.58. The molecule has 1 aromatic heterocycles. The molecule has 1 heterocycles. The van der Waals surface area contributed by atoms with Crippen molar-refractivity contribution in [3.05, 3.63) is 11.3 Å². The standard InChI is InChI=1S/C14H28N4O/c1-11(2)9-18(8-7-16(4)5)14-13(10-19)12(3)15-17(14)6/h11,19H,7-10H2,1-6H3. The number of aliphatic hydroxyl groups excluding tert-OH is 1. The Morgan fingerprint density at radius 2 is 1.89 bits per heavy atom. The molecule has 0 radical (unpaired) electrons.